The van der Waals surface area contributed by atoms with Crippen LogP contribution in [0, 0.1) is 5.82 Å². The Morgan fingerprint density at radius 2 is 1.76 bits per heavy atom. The van der Waals surface area contributed by atoms with E-state index in [0.717, 1.165) is 31.4 Å². The van der Waals surface area contributed by atoms with Crippen LogP contribution in [0.15, 0.2) is 24.3 Å². The minimum absolute atomic E-state index is 0.175. The zero-order chi connectivity index (χ0) is 15.3. The predicted molar refractivity (Wildman–Crippen MR) is 81.8 cm³/mol. The van der Waals surface area contributed by atoms with Crippen molar-refractivity contribution in [3.8, 4) is 0 Å². The van der Waals surface area contributed by atoms with Gasteiger partial charge in [0.25, 0.3) is 0 Å². The van der Waals surface area contributed by atoms with Crippen LogP contribution in [0.1, 0.15) is 31.7 Å². The lowest BCUT2D eigenvalue weighted by atomic mass is 10.1. The molecule has 1 rings (SSSR count). The third-order valence-electron chi connectivity index (χ3n) is 3.01. The number of benzene rings is 1. The molecule has 0 saturated heterocycles. The molecular formula is C16H25FN2O2. The summed E-state index contributed by atoms with van der Waals surface area (Å²) in [5.41, 5.74) is 1.00. The van der Waals surface area contributed by atoms with Crippen LogP contribution < -0.4 is 10.6 Å². The van der Waals surface area contributed by atoms with Gasteiger partial charge in [0, 0.05) is 26.3 Å². The third kappa shape index (κ3) is 9.02. The molecule has 0 bridgehead atoms. The van der Waals surface area contributed by atoms with Crippen LogP contribution in [0.3, 0.4) is 0 Å². The van der Waals surface area contributed by atoms with Crippen molar-refractivity contribution in [1.82, 2.24) is 10.6 Å². The Morgan fingerprint density at radius 3 is 2.48 bits per heavy atom. The monoisotopic (exact) mass is 296 g/mol. The molecule has 5 heteroatoms. The summed E-state index contributed by atoms with van der Waals surface area (Å²) in [6, 6.07) is 6.12. The Morgan fingerprint density at radius 1 is 1.10 bits per heavy atom. The van der Waals surface area contributed by atoms with Gasteiger partial charge in [-0.15, -0.1) is 0 Å². The molecule has 0 aliphatic heterocycles. The zero-order valence-corrected chi connectivity index (χ0v) is 12.7. The van der Waals surface area contributed by atoms with Gasteiger partial charge in [-0.05, 0) is 37.0 Å². The van der Waals surface area contributed by atoms with Gasteiger partial charge in [0.05, 0.1) is 0 Å². The Hall–Kier alpha value is -1.62. The highest BCUT2D eigenvalue weighted by atomic mass is 19.1. The van der Waals surface area contributed by atoms with E-state index in [1.54, 1.807) is 12.1 Å². The maximum Gasteiger partial charge on any atom is 0.314 e. The number of ether oxygens (including phenoxy) is 1. The minimum atomic E-state index is -0.245. The van der Waals surface area contributed by atoms with Crippen LogP contribution in [0.25, 0.3) is 0 Å². The highest BCUT2D eigenvalue weighted by Crippen LogP contribution is 2.02. The van der Waals surface area contributed by atoms with Crippen molar-refractivity contribution in [2.24, 2.45) is 0 Å². The first-order chi connectivity index (χ1) is 10.2. The summed E-state index contributed by atoms with van der Waals surface area (Å²) in [4.78, 5) is 11.5. The third-order valence-corrected chi connectivity index (χ3v) is 3.01. The number of amides is 2. The van der Waals surface area contributed by atoms with E-state index in [9.17, 15) is 9.18 Å². The molecule has 0 unspecified atom stereocenters. The second-order valence-corrected chi connectivity index (χ2v) is 4.88. The van der Waals surface area contributed by atoms with Crippen molar-refractivity contribution in [3.05, 3.63) is 35.6 Å². The molecule has 1 aromatic rings. The largest absolute Gasteiger partial charge is 0.381 e. The van der Waals surface area contributed by atoms with E-state index in [-0.39, 0.29) is 11.8 Å². The molecule has 118 valence electrons. The van der Waals surface area contributed by atoms with E-state index in [4.69, 9.17) is 4.74 Å². The van der Waals surface area contributed by atoms with E-state index in [1.165, 1.54) is 12.1 Å². The van der Waals surface area contributed by atoms with Gasteiger partial charge in [-0.25, -0.2) is 9.18 Å². The lowest BCUT2D eigenvalue weighted by molar-refractivity contribution is 0.129. The van der Waals surface area contributed by atoms with Gasteiger partial charge >= 0.3 is 6.03 Å². The number of nitrogens with one attached hydrogen (secondary N) is 2. The first kappa shape index (κ1) is 17.4. The van der Waals surface area contributed by atoms with Crippen LogP contribution in [0.4, 0.5) is 9.18 Å². The molecule has 0 fully saturated rings. The van der Waals surface area contributed by atoms with Crippen LogP contribution in [0.2, 0.25) is 0 Å². The Balaban J connectivity index is 1.97. The Labute approximate surface area is 126 Å². The number of carbonyl (C=O) groups is 1. The molecule has 2 N–H and O–H groups in total. The van der Waals surface area contributed by atoms with Gasteiger partial charge in [0.1, 0.15) is 5.82 Å². The summed E-state index contributed by atoms with van der Waals surface area (Å²) in [7, 11) is 0. The number of hydrogen-bond donors (Lipinski definition) is 2. The number of rotatable bonds is 10. The molecule has 2 amide bonds. The van der Waals surface area contributed by atoms with Gasteiger partial charge in [0.15, 0.2) is 0 Å². The summed E-state index contributed by atoms with van der Waals surface area (Å²) in [5.74, 6) is -0.245. The van der Waals surface area contributed by atoms with E-state index >= 15 is 0 Å². The van der Waals surface area contributed by atoms with Gasteiger partial charge in [-0.1, -0.05) is 25.5 Å². The normalized spacial score (nSPS) is 10.4. The van der Waals surface area contributed by atoms with Crippen molar-refractivity contribution < 1.29 is 13.9 Å². The first-order valence-corrected chi connectivity index (χ1v) is 7.56. The molecule has 0 atom stereocenters. The Kier molecular flexibility index (Phi) is 9.20. The van der Waals surface area contributed by atoms with E-state index in [0.29, 0.717) is 26.1 Å². The second kappa shape index (κ2) is 11.1. The molecular weight excluding hydrogens is 271 g/mol. The van der Waals surface area contributed by atoms with E-state index in [2.05, 4.69) is 17.6 Å². The molecule has 0 aliphatic carbocycles. The molecule has 0 aromatic heterocycles. The minimum Gasteiger partial charge on any atom is -0.381 e. The standard InChI is InChI=1S/C16H25FN2O2/c1-2-3-12-21-13-4-10-18-16(20)19-11-9-14-5-7-15(17)8-6-14/h5-8H,2-4,9-13H2,1H3,(H2,18,19,20). The van der Waals surface area contributed by atoms with Gasteiger partial charge in [-0.3, -0.25) is 0 Å². The molecule has 0 aliphatic rings. The number of carbonyl (C=O) groups excluding carboxylic acids is 1. The van der Waals surface area contributed by atoms with Crippen LogP contribution in [-0.2, 0) is 11.2 Å². The lowest BCUT2D eigenvalue weighted by Gasteiger charge is -2.08. The molecule has 0 spiro atoms. The number of hydrogen-bond acceptors (Lipinski definition) is 2. The smallest absolute Gasteiger partial charge is 0.314 e. The average Bonchev–Trinajstić information content (AvgIpc) is 2.48. The molecule has 1 aromatic carbocycles. The molecule has 4 nitrogen and oxygen atoms in total. The summed E-state index contributed by atoms with van der Waals surface area (Å²) in [6.45, 7) is 4.73. The maximum atomic E-state index is 12.7. The average molecular weight is 296 g/mol. The highest BCUT2D eigenvalue weighted by molar-refractivity contribution is 5.73. The first-order valence-electron chi connectivity index (χ1n) is 7.56. The number of unbranched alkanes of at least 4 members (excludes halogenated alkanes) is 1. The number of urea groups is 1. The van der Waals surface area contributed by atoms with Crippen molar-refractivity contribution >= 4 is 6.03 Å². The summed E-state index contributed by atoms with van der Waals surface area (Å²) >= 11 is 0. The number of halogens is 1. The molecule has 0 heterocycles. The lowest BCUT2D eigenvalue weighted by Crippen LogP contribution is -2.37. The highest BCUT2D eigenvalue weighted by Gasteiger charge is 1.99. The van der Waals surface area contributed by atoms with Crippen molar-refractivity contribution in [2.45, 2.75) is 32.6 Å². The van der Waals surface area contributed by atoms with Gasteiger partial charge < -0.3 is 15.4 Å². The maximum absolute atomic E-state index is 12.7. The summed E-state index contributed by atoms with van der Waals surface area (Å²) < 4.78 is 18.1. The fourth-order valence-electron chi connectivity index (χ4n) is 1.76. The van der Waals surface area contributed by atoms with Crippen LogP contribution in [0.5, 0.6) is 0 Å². The van der Waals surface area contributed by atoms with E-state index in [1.807, 2.05) is 0 Å². The van der Waals surface area contributed by atoms with Crippen molar-refractivity contribution in [3.63, 3.8) is 0 Å². The van der Waals surface area contributed by atoms with Gasteiger partial charge in [-0.2, -0.15) is 0 Å². The fraction of sp³-hybridized carbons (Fsp3) is 0.562. The quantitative estimate of drug-likeness (QED) is 0.652. The zero-order valence-electron chi connectivity index (χ0n) is 12.7. The SMILES string of the molecule is CCCCOCCCNC(=O)NCCc1ccc(F)cc1. The Bertz CT molecular complexity index is 396. The van der Waals surface area contributed by atoms with Crippen molar-refractivity contribution in [2.75, 3.05) is 26.3 Å². The molecule has 0 saturated carbocycles. The molecule has 0 radical (unpaired) electrons. The van der Waals surface area contributed by atoms with E-state index < -0.39 is 0 Å². The predicted octanol–water partition coefficient (Wildman–Crippen LogP) is 2.87. The van der Waals surface area contributed by atoms with Crippen LogP contribution in [-0.4, -0.2) is 32.3 Å². The topological polar surface area (TPSA) is 50.4 Å². The molecule has 21 heavy (non-hydrogen) atoms. The fourth-order valence-corrected chi connectivity index (χ4v) is 1.76. The summed E-state index contributed by atoms with van der Waals surface area (Å²) in [6.07, 6.45) is 3.72. The van der Waals surface area contributed by atoms with Crippen molar-refractivity contribution in [1.29, 1.82) is 0 Å². The van der Waals surface area contributed by atoms with Gasteiger partial charge in [0.2, 0.25) is 0 Å². The second-order valence-electron chi connectivity index (χ2n) is 4.88. The van der Waals surface area contributed by atoms with Crippen LogP contribution >= 0.6 is 0 Å². The summed E-state index contributed by atoms with van der Waals surface area (Å²) in [5, 5.41) is 5.55.